The molecule has 0 N–H and O–H groups in total. The summed E-state index contributed by atoms with van der Waals surface area (Å²) in [6.07, 6.45) is -2.82. The van der Waals surface area contributed by atoms with Crippen LogP contribution >= 0.6 is 11.6 Å². The molecular formula is C9H8ClF2NO3. The van der Waals surface area contributed by atoms with Crippen molar-refractivity contribution < 1.29 is 23.0 Å². The lowest BCUT2D eigenvalue weighted by atomic mass is 10.2. The van der Waals surface area contributed by atoms with E-state index < -0.39 is 18.0 Å². The van der Waals surface area contributed by atoms with E-state index in [-0.39, 0.29) is 16.6 Å². The summed E-state index contributed by atoms with van der Waals surface area (Å²) < 4.78 is 34.3. The number of nitrogens with zero attached hydrogens (tertiary/aromatic N) is 1. The van der Waals surface area contributed by atoms with E-state index in [1.54, 1.807) is 0 Å². The SMILES string of the molecule is COC(=O)c1cc(C(F)F)c(OC)c(Cl)n1. The van der Waals surface area contributed by atoms with Crippen LogP contribution in [0.2, 0.25) is 5.15 Å². The van der Waals surface area contributed by atoms with E-state index >= 15 is 0 Å². The highest BCUT2D eigenvalue weighted by molar-refractivity contribution is 6.31. The van der Waals surface area contributed by atoms with Crippen LogP contribution < -0.4 is 4.74 Å². The fourth-order valence-electron chi connectivity index (χ4n) is 1.09. The first kappa shape index (κ1) is 12.6. The van der Waals surface area contributed by atoms with Crippen molar-refractivity contribution in [2.45, 2.75) is 6.43 Å². The summed E-state index contributed by atoms with van der Waals surface area (Å²) in [5, 5.41) is -0.305. The smallest absolute Gasteiger partial charge is 0.356 e. The third-order valence-electron chi connectivity index (χ3n) is 1.79. The molecular weight excluding hydrogens is 244 g/mol. The van der Waals surface area contributed by atoms with Gasteiger partial charge in [0.2, 0.25) is 0 Å². The average molecular weight is 252 g/mol. The van der Waals surface area contributed by atoms with Crippen molar-refractivity contribution in [1.82, 2.24) is 4.98 Å². The van der Waals surface area contributed by atoms with Crippen molar-refractivity contribution in [2.75, 3.05) is 14.2 Å². The fourth-order valence-corrected chi connectivity index (χ4v) is 1.37. The molecule has 0 saturated carbocycles. The van der Waals surface area contributed by atoms with Crippen molar-refractivity contribution in [1.29, 1.82) is 0 Å². The highest BCUT2D eigenvalue weighted by Gasteiger charge is 2.22. The second-order valence-corrected chi connectivity index (χ2v) is 3.07. The lowest BCUT2D eigenvalue weighted by Gasteiger charge is -2.10. The predicted molar refractivity (Wildman–Crippen MR) is 52.1 cm³/mol. The van der Waals surface area contributed by atoms with Crippen LogP contribution in [-0.2, 0) is 4.74 Å². The van der Waals surface area contributed by atoms with E-state index in [1.165, 1.54) is 7.11 Å². The number of alkyl halides is 2. The molecule has 0 unspecified atom stereocenters. The van der Waals surface area contributed by atoms with Gasteiger partial charge in [-0.25, -0.2) is 18.6 Å². The maximum absolute atomic E-state index is 12.6. The Morgan fingerprint density at radius 1 is 1.50 bits per heavy atom. The number of pyridine rings is 1. The molecule has 1 heterocycles. The lowest BCUT2D eigenvalue weighted by Crippen LogP contribution is -2.07. The first-order valence-corrected chi connectivity index (χ1v) is 4.50. The molecule has 0 amide bonds. The molecule has 1 aromatic heterocycles. The quantitative estimate of drug-likeness (QED) is 0.612. The Morgan fingerprint density at radius 2 is 2.12 bits per heavy atom. The third-order valence-corrected chi connectivity index (χ3v) is 2.05. The number of carbonyl (C=O) groups excluding carboxylic acids is 1. The number of ether oxygens (including phenoxy) is 2. The van der Waals surface area contributed by atoms with Gasteiger partial charge in [0, 0.05) is 0 Å². The van der Waals surface area contributed by atoms with Gasteiger partial charge >= 0.3 is 5.97 Å². The van der Waals surface area contributed by atoms with Crippen LogP contribution in [0.4, 0.5) is 8.78 Å². The molecule has 4 nitrogen and oxygen atoms in total. The topological polar surface area (TPSA) is 48.4 Å². The normalized spacial score (nSPS) is 10.4. The summed E-state index contributed by atoms with van der Waals surface area (Å²) in [5.41, 5.74) is -0.786. The van der Waals surface area contributed by atoms with Gasteiger partial charge in [0.1, 0.15) is 0 Å². The lowest BCUT2D eigenvalue weighted by molar-refractivity contribution is 0.0593. The van der Waals surface area contributed by atoms with Gasteiger partial charge in [0.15, 0.2) is 16.6 Å². The average Bonchev–Trinajstić information content (AvgIpc) is 2.26. The number of halogens is 3. The van der Waals surface area contributed by atoms with Gasteiger partial charge in [-0.1, -0.05) is 11.6 Å². The van der Waals surface area contributed by atoms with Crippen LogP contribution in [0.25, 0.3) is 0 Å². The van der Waals surface area contributed by atoms with Crippen molar-refractivity contribution in [3.63, 3.8) is 0 Å². The van der Waals surface area contributed by atoms with Gasteiger partial charge in [0.05, 0.1) is 19.8 Å². The van der Waals surface area contributed by atoms with Gasteiger partial charge in [-0.05, 0) is 6.07 Å². The molecule has 0 aromatic carbocycles. The number of methoxy groups -OCH3 is 2. The minimum Gasteiger partial charge on any atom is -0.493 e. The number of rotatable bonds is 3. The second kappa shape index (κ2) is 5.07. The highest BCUT2D eigenvalue weighted by atomic mass is 35.5. The van der Waals surface area contributed by atoms with Crippen molar-refractivity contribution in [3.8, 4) is 5.75 Å². The first-order chi connectivity index (χ1) is 7.51. The van der Waals surface area contributed by atoms with E-state index in [0.717, 1.165) is 13.2 Å². The minimum atomic E-state index is -2.82. The van der Waals surface area contributed by atoms with Gasteiger partial charge in [0.25, 0.3) is 6.43 Å². The molecule has 88 valence electrons. The van der Waals surface area contributed by atoms with Gasteiger partial charge < -0.3 is 9.47 Å². The van der Waals surface area contributed by atoms with Gasteiger partial charge in [-0.3, -0.25) is 0 Å². The zero-order valence-corrected chi connectivity index (χ0v) is 9.22. The fraction of sp³-hybridized carbons (Fsp3) is 0.333. The van der Waals surface area contributed by atoms with E-state index in [9.17, 15) is 13.6 Å². The second-order valence-electron chi connectivity index (χ2n) is 2.71. The number of esters is 1. The predicted octanol–water partition coefficient (Wildman–Crippen LogP) is 2.47. The highest BCUT2D eigenvalue weighted by Crippen LogP contribution is 2.34. The largest absolute Gasteiger partial charge is 0.493 e. The number of hydrogen-bond acceptors (Lipinski definition) is 4. The Hall–Kier alpha value is -1.43. The minimum absolute atomic E-state index is 0.246. The molecule has 7 heteroatoms. The van der Waals surface area contributed by atoms with Crippen molar-refractivity contribution >= 4 is 17.6 Å². The van der Waals surface area contributed by atoms with Gasteiger partial charge in [-0.2, -0.15) is 0 Å². The molecule has 16 heavy (non-hydrogen) atoms. The molecule has 0 saturated heterocycles. The number of hydrogen-bond donors (Lipinski definition) is 0. The van der Waals surface area contributed by atoms with E-state index in [1.807, 2.05) is 0 Å². The molecule has 0 spiro atoms. The molecule has 0 radical (unpaired) electrons. The Kier molecular flexibility index (Phi) is 4.00. The Morgan fingerprint density at radius 3 is 2.56 bits per heavy atom. The molecule has 0 atom stereocenters. The Labute approximate surface area is 95.1 Å². The zero-order valence-electron chi connectivity index (χ0n) is 8.46. The maximum atomic E-state index is 12.6. The molecule has 1 rings (SSSR count). The van der Waals surface area contributed by atoms with Gasteiger partial charge in [-0.15, -0.1) is 0 Å². The maximum Gasteiger partial charge on any atom is 0.356 e. The molecule has 1 aromatic rings. The summed E-state index contributed by atoms with van der Waals surface area (Å²) in [4.78, 5) is 14.7. The Bertz CT molecular complexity index is 412. The van der Waals surface area contributed by atoms with Crippen LogP contribution in [0, 0.1) is 0 Å². The summed E-state index contributed by atoms with van der Waals surface area (Å²) in [7, 11) is 2.30. The number of carbonyl (C=O) groups is 1. The van der Waals surface area contributed by atoms with E-state index in [4.69, 9.17) is 11.6 Å². The molecule has 0 fully saturated rings. The molecule has 0 aliphatic rings. The summed E-state index contributed by atoms with van der Waals surface area (Å²) >= 11 is 5.60. The van der Waals surface area contributed by atoms with Crippen molar-refractivity contribution in [2.24, 2.45) is 0 Å². The van der Waals surface area contributed by atoms with Crippen LogP contribution in [0.1, 0.15) is 22.5 Å². The first-order valence-electron chi connectivity index (χ1n) is 4.12. The van der Waals surface area contributed by atoms with Crippen LogP contribution in [0.3, 0.4) is 0 Å². The Balaban J connectivity index is 3.33. The zero-order chi connectivity index (χ0) is 12.3. The summed E-state index contributed by atoms with van der Waals surface area (Å²) in [6, 6.07) is 0.890. The molecule has 0 bridgehead atoms. The van der Waals surface area contributed by atoms with Crippen LogP contribution in [0.5, 0.6) is 5.75 Å². The number of aromatic nitrogens is 1. The monoisotopic (exact) mass is 251 g/mol. The van der Waals surface area contributed by atoms with Crippen LogP contribution in [0.15, 0.2) is 6.07 Å². The van der Waals surface area contributed by atoms with E-state index in [2.05, 4.69) is 14.5 Å². The summed E-state index contributed by atoms with van der Waals surface area (Å²) in [5.74, 6) is -1.09. The van der Waals surface area contributed by atoms with Crippen LogP contribution in [-0.4, -0.2) is 25.2 Å². The molecule has 0 aliphatic heterocycles. The summed E-state index contributed by atoms with van der Waals surface area (Å²) in [6.45, 7) is 0. The standard InChI is InChI=1S/C9H8ClF2NO3/c1-15-6-4(8(11)12)3-5(9(14)16-2)13-7(6)10/h3,8H,1-2H3. The third kappa shape index (κ3) is 2.38. The van der Waals surface area contributed by atoms with E-state index in [0.29, 0.717) is 0 Å². The van der Waals surface area contributed by atoms with Crippen molar-refractivity contribution in [3.05, 3.63) is 22.5 Å². The molecule has 0 aliphatic carbocycles.